The molecule has 0 aromatic heterocycles. The van der Waals surface area contributed by atoms with Crippen LogP contribution in [0, 0.1) is 0 Å². The summed E-state index contributed by atoms with van der Waals surface area (Å²) in [5, 5.41) is 2.98. The van der Waals surface area contributed by atoms with Gasteiger partial charge in [-0.15, -0.1) is 0 Å². The van der Waals surface area contributed by atoms with E-state index in [1.54, 1.807) is 48.5 Å². The van der Waals surface area contributed by atoms with Crippen molar-refractivity contribution in [1.82, 2.24) is 10.2 Å². The molecule has 0 aliphatic carbocycles. The van der Waals surface area contributed by atoms with Crippen molar-refractivity contribution in [2.75, 3.05) is 36.9 Å². The zero-order valence-electron chi connectivity index (χ0n) is 19.9. The highest BCUT2D eigenvalue weighted by atomic mass is 32.2. The van der Waals surface area contributed by atoms with Crippen LogP contribution >= 0.6 is 0 Å². The van der Waals surface area contributed by atoms with Crippen molar-refractivity contribution < 1.29 is 17.9 Å². The number of sulfonamides is 1. The maximum atomic E-state index is 12.7. The van der Waals surface area contributed by atoms with Crippen LogP contribution in [0.1, 0.15) is 27.0 Å². The topological polar surface area (TPSA) is 79.0 Å². The highest BCUT2D eigenvalue weighted by Gasteiger charge is 2.18. The summed E-state index contributed by atoms with van der Waals surface area (Å²) in [6.45, 7) is 4.92. The second-order valence-electron chi connectivity index (χ2n) is 8.69. The molecule has 0 unspecified atom stereocenters. The van der Waals surface area contributed by atoms with Crippen molar-refractivity contribution in [2.24, 2.45) is 0 Å². The van der Waals surface area contributed by atoms with Crippen molar-refractivity contribution in [3.05, 3.63) is 101 Å². The highest BCUT2D eigenvalue weighted by molar-refractivity contribution is 7.92. The molecular formula is C27H31N3O4S. The summed E-state index contributed by atoms with van der Waals surface area (Å²) in [6, 6.07) is 24.3. The SMILES string of the molecule is CS(=O)(=O)N(Cc1ccc(C(=O)NCc2cccc(CN3CCOCC3)c2)cc1)c1ccccc1. The molecule has 0 spiro atoms. The van der Waals surface area contributed by atoms with Crippen molar-refractivity contribution in [2.45, 2.75) is 19.6 Å². The van der Waals surface area contributed by atoms with E-state index in [-0.39, 0.29) is 12.5 Å². The predicted octanol–water partition coefficient (Wildman–Crippen LogP) is 3.42. The highest BCUT2D eigenvalue weighted by Crippen LogP contribution is 2.20. The maximum absolute atomic E-state index is 12.7. The lowest BCUT2D eigenvalue weighted by Gasteiger charge is -2.26. The van der Waals surface area contributed by atoms with Gasteiger partial charge < -0.3 is 10.1 Å². The monoisotopic (exact) mass is 493 g/mol. The first kappa shape index (κ1) is 24.9. The Morgan fingerprint density at radius 1 is 0.914 bits per heavy atom. The average molecular weight is 494 g/mol. The number of nitrogens with zero attached hydrogens (tertiary/aromatic N) is 2. The number of nitrogens with one attached hydrogen (secondary N) is 1. The minimum absolute atomic E-state index is 0.168. The second kappa shape index (κ2) is 11.5. The van der Waals surface area contributed by atoms with Gasteiger partial charge in [0.1, 0.15) is 0 Å². The largest absolute Gasteiger partial charge is 0.379 e. The number of hydrogen-bond donors (Lipinski definition) is 1. The number of carbonyl (C=O) groups is 1. The van der Waals surface area contributed by atoms with Crippen LogP contribution in [-0.4, -0.2) is 51.8 Å². The van der Waals surface area contributed by atoms with Gasteiger partial charge in [-0.3, -0.25) is 14.0 Å². The molecule has 4 rings (SSSR count). The van der Waals surface area contributed by atoms with Gasteiger partial charge in [0.25, 0.3) is 5.91 Å². The van der Waals surface area contributed by atoms with E-state index in [2.05, 4.69) is 22.3 Å². The van der Waals surface area contributed by atoms with Gasteiger partial charge in [-0.1, -0.05) is 54.6 Å². The molecule has 3 aromatic carbocycles. The molecule has 1 heterocycles. The first-order chi connectivity index (χ1) is 16.9. The summed E-state index contributed by atoms with van der Waals surface area (Å²) in [5.74, 6) is -0.168. The van der Waals surface area contributed by atoms with Gasteiger partial charge in [-0.05, 0) is 41.0 Å². The molecule has 8 heteroatoms. The normalized spacial score (nSPS) is 14.4. The van der Waals surface area contributed by atoms with Crippen LogP contribution in [0.2, 0.25) is 0 Å². The molecule has 3 aromatic rings. The van der Waals surface area contributed by atoms with Crippen molar-refractivity contribution >= 4 is 21.6 Å². The van der Waals surface area contributed by atoms with E-state index >= 15 is 0 Å². The van der Waals surface area contributed by atoms with E-state index in [0.717, 1.165) is 44.0 Å². The molecule has 0 radical (unpaired) electrons. The molecule has 184 valence electrons. The summed E-state index contributed by atoms with van der Waals surface area (Å²) in [4.78, 5) is 15.1. The fourth-order valence-corrected chi connectivity index (χ4v) is 4.95. The van der Waals surface area contributed by atoms with Gasteiger partial charge >= 0.3 is 0 Å². The van der Waals surface area contributed by atoms with E-state index < -0.39 is 10.0 Å². The first-order valence-electron chi connectivity index (χ1n) is 11.7. The van der Waals surface area contributed by atoms with Crippen LogP contribution in [0.25, 0.3) is 0 Å². The van der Waals surface area contributed by atoms with E-state index in [1.165, 1.54) is 16.1 Å². The Labute approximate surface area is 207 Å². The standard InChI is InChI=1S/C27H31N3O4S/c1-35(32,33)30(26-8-3-2-4-9-26)21-22-10-12-25(13-11-22)27(31)28-19-23-6-5-7-24(18-23)20-29-14-16-34-17-15-29/h2-13,18H,14-17,19-21H2,1H3,(H,28,31). The molecule has 7 nitrogen and oxygen atoms in total. The number of amides is 1. The first-order valence-corrected chi connectivity index (χ1v) is 13.5. The van der Waals surface area contributed by atoms with Crippen LogP contribution in [0.3, 0.4) is 0 Å². The van der Waals surface area contributed by atoms with Gasteiger partial charge in [0.05, 0.1) is 31.7 Å². The molecule has 0 saturated carbocycles. The number of benzene rings is 3. The summed E-state index contributed by atoms with van der Waals surface area (Å²) in [7, 11) is -3.45. The number of ether oxygens (including phenoxy) is 1. The Hall–Kier alpha value is -3.20. The number of carbonyl (C=O) groups excluding carboxylic acids is 1. The van der Waals surface area contributed by atoms with Crippen LogP contribution in [0.5, 0.6) is 0 Å². The minimum atomic E-state index is -3.45. The van der Waals surface area contributed by atoms with E-state index in [4.69, 9.17) is 4.74 Å². The molecule has 0 atom stereocenters. The molecule has 1 aliphatic rings. The zero-order chi connectivity index (χ0) is 24.7. The summed E-state index contributed by atoms with van der Waals surface area (Å²) in [6.07, 6.45) is 1.19. The van der Waals surface area contributed by atoms with Crippen LogP contribution < -0.4 is 9.62 Å². The van der Waals surface area contributed by atoms with Crippen molar-refractivity contribution in [3.8, 4) is 0 Å². The molecular weight excluding hydrogens is 462 g/mol. The number of morpholine rings is 1. The quantitative estimate of drug-likeness (QED) is 0.494. The molecule has 1 aliphatic heterocycles. The lowest BCUT2D eigenvalue weighted by molar-refractivity contribution is 0.0342. The fourth-order valence-electron chi connectivity index (χ4n) is 4.06. The number of para-hydroxylation sites is 1. The van der Waals surface area contributed by atoms with E-state index in [1.807, 2.05) is 18.2 Å². The summed E-state index contributed by atoms with van der Waals surface area (Å²) < 4.78 is 31.4. The van der Waals surface area contributed by atoms with E-state index in [0.29, 0.717) is 17.8 Å². The number of anilines is 1. The third-order valence-corrected chi connectivity index (χ3v) is 7.08. The second-order valence-corrected chi connectivity index (χ2v) is 10.6. The Morgan fingerprint density at radius 3 is 2.29 bits per heavy atom. The third kappa shape index (κ3) is 7.14. The lowest BCUT2D eigenvalue weighted by atomic mass is 10.1. The minimum Gasteiger partial charge on any atom is -0.379 e. The summed E-state index contributed by atoms with van der Waals surface area (Å²) >= 11 is 0. The molecule has 1 N–H and O–H groups in total. The Balaban J connectivity index is 1.35. The Kier molecular flexibility index (Phi) is 8.17. The third-order valence-electron chi connectivity index (χ3n) is 5.94. The van der Waals surface area contributed by atoms with Gasteiger partial charge in [-0.25, -0.2) is 8.42 Å². The van der Waals surface area contributed by atoms with Gasteiger partial charge in [0, 0.05) is 31.7 Å². The van der Waals surface area contributed by atoms with Crippen LogP contribution in [0.4, 0.5) is 5.69 Å². The van der Waals surface area contributed by atoms with Gasteiger partial charge in [0.2, 0.25) is 10.0 Å². The maximum Gasteiger partial charge on any atom is 0.251 e. The fraction of sp³-hybridized carbons (Fsp3) is 0.296. The predicted molar refractivity (Wildman–Crippen MR) is 138 cm³/mol. The smallest absolute Gasteiger partial charge is 0.251 e. The molecule has 1 amide bonds. The van der Waals surface area contributed by atoms with E-state index in [9.17, 15) is 13.2 Å². The van der Waals surface area contributed by atoms with Gasteiger partial charge in [-0.2, -0.15) is 0 Å². The molecule has 0 bridgehead atoms. The van der Waals surface area contributed by atoms with Crippen molar-refractivity contribution in [1.29, 1.82) is 0 Å². The van der Waals surface area contributed by atoms with Crippen LogP contribution in [-0.2, 0) is 34.4 Å². The Morgan fingerprint density at radius 2 is 1.60 bits per heavy atom. The van der Waals surface area contributed by atoms with Crippen LogP contribution in [0.15, 0.2) is 78.9 Å². The van der Waals surface area contributed by atoms with Crippen molar-refractivity contribution in [3.63, 3.8) is 0 Å². The van der Waals surface area contributed by atoms with Gasteiger partial charge in [0.15, 0.2) is 0 Å². The molecule has 1 saturated heterocycles. The molecule has 35 heavy (non-hydrogen) atoms. The number of rotatable bonds is 9. The zero-order valence-corrected chi connectivity index (χ0v) is 20.7. The summed E-state index contributed by atoms with van der Waals surface area (Å²) in [5.41, 5.74) is 4.20. The lowest BCUT2D eigenvalue weighted by Crippen LogP contribution is -2.35. The Bertz CT molecular complexity index is 1220. The average Bonchev–Trinajstić information content (AvgIpc) is 2.87. The number of hydrogen-bond acceptors (Lipinski definition) is 5. The molecule has 1 fully saturated rings.